The summed E-state index contributed by atoms with van der Waals surface area (Å²) in [6.07, 6.45) is 8.72. The Kier molecular flexibility index (Phi) is 9.39. The number of carbonyl (C=O) groups excluding carboxylic acids is 2. The Balaban J connectivity index is 1.19. The summed E-state index contributed by atoms with van der Waals surface area (Å²) in [7, 11) is 0. The summed E-state index contributed by atoms with van der Waals surface area (Å²) in [5, 5.41) is 3.37. The second-order valence-corrected chi connectivity index (χ2v) is 13.2. The van der Waals surface area contributed by atoms with E-state index in [0.717, 1.165) is 77.1 Å². The minimum absolute atomic E-state index is 0.0214. The van der Waals surface area contributed by atoms with E-state index < -0.39 is 11.9 Å². The van der Waals surface area contributed by atoms with Crippen molar-refractivity contribution in [3.63, 3.8) is 0 Å². The van der Waals surface area contributed by atoms with Gasteiger partial charge in [0.25, 0.3) is 5.91 Å². The molecule has 2 amide bonds. The summed E-state index contributed by atoms with van der Waals surface area (Å²) in [6, 6.07) is 4.23. The highest BCUT2D eigenvalue weighted by atomic mass is 19.1. The normalized spacial score (nSPS) is 22.0. The van der Waals surface area contributed by atoms with Gasteiger partial charge in [0.15, 0.2) is 5.82 Å². The van der Waals surface area contributed by atoms with Gasteiger partial charge in [0.1, 0.15) is 23.9 Å². The molecule has 3 heterocycles. The molecule has 0 unspecified atom stereocenters. The van der Waals surface area contributed by atoms with Crippen LogP contribution in [0.15, 0.2) is 30.7 Å². The first-order chi connectivity index (χ1) is 20.5. The van der Waals surface area contributed by atoms with Crippen LogP contribution in [0.3, 0.4) is 0 Å². The summed E-state index contributed by atoms with van der Waals surface area (Å²) >= 11 is 0. The monoisotopic (exact) mass is 595 g/mol. The summed E-state index contributed by atoms with van der Waals surface area (Å²) in [4.78, 5) is 40.1. The maximum absolute atomic E-state index is 14.4. The molecule has 1 aromatic carbocycles. The van der Waals surface area contributed by atoms with Crippen LogP contribution in [-0.2, 0) is 4.74 Å². The second-order valence-electron chi connectivity index (χ2n) is 13.2. The summed E-state index contributed by atoms with van der Waals surface area (Å²) in [5.41, 5.74) is 7.05. The number of nitrogens with zero attached hydrogens (tertiary/aromatic N) is 5. The molecule has 0 bridgehead atoms. The Morgan fingerprint density at radius 2 is 1.77 bits per heavy atom. The topological polar surface area (TPSA) is 117 Å². The molecular weight excluding hydrogens is 549 g/mol. The van der Waals surface area contributed by atoms with Gasteiger partial charge in [-0.05, 0) is 95.8 Å². The third kappa shape index (κ3) is 7.20. The molecule has 1 aliphatic carbocycles. The molecule has 5 rings (SSSR count). The van der Waals surface area contributed by atoms with E-state index >= 15 is 0 Å². The van der Waals surface area contributed by atoms with E-state index in [2.05, 4.69) is 25.1 Å². The van der Waals surface area contributed by atoms with Gasteiger partial charge in [0, 0.05) is 44.8 Å². The molecule has 3 fully saturated rings. The number of hydrogen-bond acceptors (Lipinski definition) is 8. The molecule has 2 saturated heterocycles. The lowest BCUT2D eigenvalue weighted by Gasteiger charge is -2.55. The fourth-order valence-electron chi connectivity index (χ4n) is 7.32. The zero-order valence-corrected chi connectivity index (χ0v) is 25.9. The number of amides is 2. The smallest absolute Gasteiger partial charge is 0.404 e. The summed E-state index contributed by atoms with van der Waals surface area (Å²) < 4.78 is 19.5. The first kappa shape index (κ1) is 31.0. The minimum atomic E-state index is -0.667. The van der Waals surface area contributed by atoms with Crippen molar-refractivity contribution in [1.82, 2.24) is 19.8 Å². The number of nitrogens with one attached hydrogen (secondary N) is 1. The Morgan fingerprint density at radius 3 is 2.40 bits per heavy atom. The Morgan fingerprint density at radius 1 is 1.09 bits per heavy atom. The quantitative estimate of drug-likeness (QED) is 0.408. The molecule has 10 nitrogen and oxygen atoms in total. The van der Waals surface area contributed by atoms with E-state index in [9.17, 15) is 14.0 Å². The van der Waals surface area contributed by atoms with Crippen molar-refractivity contribution in [2.24, 2.45) is 17.1 Å². The molecule has 0 radical (unpaired) electrons. The Labute approximate surface area is 254 Å². The van der Waals surface area contributed by atoms with Crippen LogP contribution in [0.2, 0.25) is 0 Å². The molecule has 11 heteroatoms. The van der Waals surface area contributed by atoms with E-state index in [1.54, 1.807) is 23.5 Å². The molecule has 3 aliphatic rings. The van der Waals surface area contributed by atoms with Crippen LogP contribution in [0.5, 0.6) is 0 Å². The van der Waals surface area contributed by atoms with Gasteiger partial charge in [0.05, 0.1) is 17.4 Å². The highest BCUT2D eigenvalue weighted by molar-refractivity contribution is 6.01. The number of primary amides is 1. The second kappa shape index (κ2) is 13.0. The van der Waals surface area contributed by atoms with Crippen molar-refractivity contribution >= 4 is 29.2 Å². The standard InChI is InChI=1S/C32H46FN7O3/c1-21(2)40(22(3)4)30(41)26-15-24(33)7-10-27(26)37-28-16-35-20-36-29(28)39-13-11-32(12-14-39)18-38(19-32)17-23-5-8-25(9-6-23)43-31(34)42/h7,10,15-16,20-23,25,37H,5-6,8-9,11-14,17-19H2,1-4H3,(H2,34,42)/t23-,25-. The Bertz CT molecular complexity index is 1270. The molecule has 2 aromatic rings. The number of nitrogens with two attached hydrogens (primary N) is 1. The van der Waals surface area contributed by atoms with Gasteiger partial charge < -0.3 is 30.5 Å². The molecule has 1 aromatic heterocycles. The number of benzene rings is 1. The molecule has 2 aliphatic heterocycles. The lowest BCUT2D eigenvalue weighted by atomic mass is 9.71. The highest BCUT2D eigenvalue weighted by Gasteiger charge is 2.45. The highest BCUT2D eigenvalue weighted by Crippen LogP contribution is 2.43. The molecule has 1 spiro atoms. The van der Waals surface area contributed by atoms with E-state index in [1.807, 2.05) is 27.7 Å². The van der Waals surface area contributed by atoms with Gasteiger partial charge in [-0.3, -0.25) is 4.79 Å². The van der Waals surface area contributed by atoms with Crippen LogP contribution in [0.4, 0.5) is 26.4 Å². The van der Waals surface area contributed by atoms with Crippen LogP contribution in [0.1, 0.15) is 76.6 Å². The van der Waals surface area contributed by atoms with Crippen molar-refractivity contribution in [2.45, 2.75) is 84.4 Å². The third-order valence-corrected chi connectivity index (χ3v) is 9.35. The van der Waals surface area contributed by atoms with Crippen LogP contribution in [-0.4, -0.2) is 82.7 Å². The first-order valence-corrected chi connectivity index (χ1v) is 15.7. The number of likely N-dealkylation sites (tertiary alicyclic amines) is 1. The number of aromatic nitrogens is 2. The molecule has 234 valence electrons. The average molecular weight is 596 g/mol. The van der Waals surface area contributed by atoms with Gasteiger partial charge in [0.2, 0.25) is 0 Å². The lowest BCUT2D eigenvalue weighted by molar-refractivity contribution is -0.0345. The number of anilines is 3. The maximum Gasteiger partial charge on any atom is 0.404 e. The van der Waals surface area contributed by atoms with Crippen LogP contribution in [0, 0.1) is 17.2 Å². The number of hydrogen-bond donors (Lipinski definition) is 2. The van der Waals surface area contributed by atoms with Gasteiger partial charge in [-0.25, -0.2) is 19.2 Å². The number of piperidine rings is 1. The van der Waals surface area contributed by atoms with Crippen LogP contribution < -0.4 is 16.0 Å². The zero-order valence-electron chi connectivity index (χ0n) is 25.9. The van der Waals surface area contributed by atoms with Gasteiger partial charge >= 0.3 is 6.09 Å². The van der Waals surface area contributed by atoms with E-state index in [4.69, 9.17) is 10.5 Å². The average Bonchev–Trinajstić information content (AvgIpc) is 2.94. The Hall–Kier alpha value is -3.47. The first-order valence-electron chi connectivity index (χ1n) is 15.7. The van der Waals surface area contributed by atoms with E-state index in [-0.39, 0.29) is 24.1 Å². The predicted octanol–water partition coefficient (Wildman–Crippen LogP) is 5.17. The van der Waals surface area contributed by atoms with Crippen molar-refractivity contribution < 1.29 is 18.7 Å². The molecule has 0 atom stereocenters. The molecule has 1 saturated carbocycles. The van der Waals surface area contributed by atoms with Crippen LogP contribution in [0.25, 0.3) is 0 Å². The van der Waals surface area contributed by atoms with E-state index in [0.29, 0.717) is 28.3 Å². The molecular formula is C32H46FN7O3. The third-order valence-electron chi connectivity index (χ3n) is 9.35. The zero-order chi connectivity index (χ0) is 30.7. The van der Waals surface area contributed by atoms with Gasteiger partial charge in [-0.2, -0.15) is 0 Å². The van der Waals surface area contributed by atoms with E-state index in [1.165, 1.54) is 12.1 Å². The molecule has 43 heavy (non-hydrogen) atoms. The number of ether oxygens (including phenoxy) is 1. The van der Waals surface area contributed by atoms with Gasteiger partial charge in [-0.1, -0.05) is 0 Å². The number of rotatable bonds is 9. The van der Waals surface area contributed by atoms with Crippen molar-refractivity contribution in [1.29, 1.82) is 0 Å². The van der Waals surface area contributed by atoms with Crippen molar-refractivity contribution in [2.75, 3.05) is 42.9 Å². The van der Waals surface area contributed by atoms with Gasteiger partial charge in [-0.15, -0.1) is 0 Å². The number of carbonyl (C=O) groups is 2. The minimum Gasteiger partial charge on any atom is -0.446 e. The summed E-state index contributed by atoms with van der Waals surface area (Å²) in [5.74, 6) is 0.776. The predicted molar refractivity (Wildman–Crippen MR) is 165 cm³/mol. The van der Waals surface area contributed by atoms with Crippen LogP contribution >= 0.6 is 0 Å². The summed E-state index contributed by atoms with van der Waals surface area (Å²) in [6.45, 7) is 13.0. The lowest BCUT2D eigenvalue weighted by Crippen LogP contribution is -2.61. The van der Waals surface area contributed by atoms with Crippen molar-refractivity contribution in [3.8, 4) is 0 Å². The maximum atomic E-state index is 14.4. The largest absolute Gasteiger partial charge is 0.446 e. The van der Waals surface area contributed by atoms with Crippen molar-refractivity contribution in [3.05, 3.63) is 42.1 Å². The fourth-order valence-corrected chi connectivity index (χ4v) is 7.32. The fraction of sp³-hybridized carbons (Fsp3) is 0.625. The molecule has 3 N–H and O–H groups in total. The number of halogens is 1. The SMILES string of the molecule is CC(C)N(C(=O)c1cc(F)ccc1Nc1cncnc1N1CCC2(CC1)CN(C[C@H]1CC[C@H](OC(N)=O)CC1)C2)C(C)C.